The summed E-state index contributed by atoms with van der Waals surface area (Å²) in [5.74, 6) is -0.524. The van der Waals surface area contributed by atoms with Crippen LogP contribution in [0.3, 0.4) is 0 Å². The molecule has 0 heterocycles. The van der Waals surface area contributed by atoms with Gasteiger partial charge < -0.3 is 0 Å². The molecular formula is C9H10FNO2. The molecule has 0 saturated carbocycles. The molecule has 1 aromatic rings. The summed E-state index contributed by atoms with van der Waals surface area (Å²) in [6.45, 7) is 3.40. The highest BCUT2D eigenvalue weighted by atomic mass is 19.1. The van der Waals surface area contributed by atoms with Gasteiger partial charge in [-0.2, -0.15) is 0 Å². The molecule has 0 radical (unpaired) electrons. The summed E-state index contributed by atoms with van der Waals surface area (Å²) in [5, 5.41) is 10.5. The molecule has 0 unspecified atom stereocenters. The molecule has 0 N–H and O–H groups in total. The molecule has 0 bridgehead atoms. The van der Waals surface area contributed by atoms with E-state index < -0.39 is 10.7 Å². The summed E-state index contributed by atoms with van der Waals surface area (Å²) in [7, 11) is 0. The first kappa shape index (κ1) is 9.64. The van der Waals surface area contributed by atoms with Crippen LogP contribution in [0.1, 0.15) is 18.1 Å². The van der Waals surface area contributed by atoms with Crippen molar-refractivity contribution < 1.29 is 9.31 Å². The van der Waals surface area contributed by atoms with Crippen LogP contribution < -0.4 is 0 Å². The van der Waals surface area contributed by atoms with Crippen LogP contribution in [-0.4, -0.2) is 4.92 Å². The van der Waals surface area contributed by atoms with Crippen LogP contribution in [0, 0.1) is 22.9 Å². The van der Waals surface area contributed by atoms with Crippen molar-refractivity contribution >= 4 is 5.69 Å². The summed E-state index contributed by atoms with van der Waals surface area (Å²) in [6, 6.07) is 2.50. The summed E-state index contributed by atoms with van der Waals surface area (Å²) >= 11 is 0. The van der Waals surface area contributed by atoms with E-state index in [-0.39, 0.29) is 5.69 Å². The Balaban J connectivity index is 3.33. The van der Waals surface area contributed by atoms with Gasteiger partial charge in [0, 0.05) is 5.56 Å². The second kappa shape index (κ2) is 3.51. The first-order valence-electron chi connectivity index (χ1n) is 3.99. The first-order valence-corrected chi connectivity index (χ1v) is 3.99. The average molecular weight is 183 g/mol. The highest BCUT2D eigenvalue weighted by molar-refractivity contribution is 5.43. The lowest BCUT2D eigenvalue weighted by Gasteiger charge is -2.02. The quantitative estimate of drug-likeness (QED) is 0.522. The number of rotatable bonds is 2. The fraction of sp³-hybridized carbons (Fsp3) is 0.333. The van der Waals surface area contributed by atoms with Gasteiger partial charge in [0.15, 0.2) is 0 Å². The third kappa shape index (κ3) is 1.83. The lowest BCUT2D eigenvalue weighted by molar-refractivity contribution is -0.385. The molecule has 0 spiro atoms. The van der Waals surface area contributed by atoms with E-state index in [4.69, 9.17) is 0 Å². The largest absolute Gasteiger partial charge is 0.275 e. The Kier molecular flexibility index (Phi) is 2.60. The molecular weight excluding hydrogens is 173 g/mol. The van der Waals surface area contributed by atoms with Crippen molar-refractivity contribution in [1.82, 2.24) is 0 Å². The Labute approximate surface area is 75.3 Å². The maximum Gasteiger partial charge on any atom is 0.275 e. The van der Waals surface area contributed by atoms with E-state index in [2.05, 4.69) is 0 Å². The van der Waals surface area contributed by atoms with Gasteiger partial charge in [0.2, 0.25) is 0 Å². The number of nitro groups is 1. The van der Waals surface area contributed by atoms with Gasteiger partial charge in [-0.25, -0.2) is 4.39 Å². The van der Waals surface area contributed by atoms with Gasteiger partial charge in [0.05, 0.1) is 11.0 Å². The number of aryl methyl sites for hydroxylation is 2. The standard InChI is InChI=1S/C9H10FNO2/c1-3-7-4-6(2)8(10)5-9(7)11(12)13/h4-5H,3H2,1-2H3. The zero-order chi connectivity index (χ0) is 10.0. The van der Waals surface area contributed by atoms with E-state index in [0.29, 0.717) is 17.5 Å². The van der Waals surface area contributed by atoms with Crippen LogP contribution >= 0.6 is 0 Å². The Morgan fingerprint density at radius 3 is 2.62 bits per heavy atom. The van der Waals surface area contributed by atoms with Crippen LogP contribution in [-0.2, 0) is 6.42 Å². The van der Waals surface area contributed by atoms with E-state index in [9.17, 15) is 14.5 Å². The third-order valence-corrected chi connectivity index (χ3v) is 1.94. The average Bonchev–Trinajstić information content (AvgIpc) is 2.08. The zero-order valence-corrected chi connectivity index (χ0v) is 7.50. The van der Waals surface area contributed by atoms with Gasteiger partial charge in [0.1, 0.15) is 5.82 Å². The van der Waals surface area contributed by atoms with E-state index in [0.717, 1.165) is 6.07 Å². The molecule has 0 amide bonds. The lowest BCUT2D eigenvalue weighted by Crippen LogP contribution is -1.97. The summed E-state index contributed by atoms with van der Waals surface area (Å²) in [6.07, 6.45) is 0.539. The second-order valence-electron chi connectivity index (χ2n) is 2.84. The highest BCUT2D eigenvalue weighted by Gasteiger charge is 2.14. The van der Waals surface area contributed by atoms with Crippen LogP contribution in [0.15, 0.2) is 12.1 Å². The topological polar surface area (TPSA) is 43.1 Å². The minimum atomic E-state index is -0.554. The minimum Gasteiger partial charge on any atom is -0.258 e. The molecule has 0 saturated heterocycles. The van der Waals surface area contributed by atoms with Crippen molar-refractivity contribution in [2.24, 2.45) is 0 Å². The van der Waals surface area contributed by atoms with Gasteiger partial charge in [-0.1, -0.05) is 6.92 Å². The van der Waals surface area contributed by atoms with Crippen LogP contribution in [0.2, 0.25) is 0 Å². The highest BCUT2D eigenvalue weighted by Crippen LogP contribution is 2.22. The molecule has 0 atom stereocenters. The van der Waals surface area contributed by atoms with E-state index in [1.807, 2.05) is 0 Å². The Bertz CT molecular complexity index is 350. The molecule has 0 aliphatic rings. The van der Waals surface area contributed by atoms with Crippen LogP contribution in [0.4, 0.5) is 10.1 Å². The smallest absolute Gasteiger partial charge is 0.258 e. The van der Waals surface area contributed by atoms with Crippen molar-refractivity contribution in [3.8, 4) is 0 Å². The maximum absolute atomic E-state index is 13.0. The predicted molar refractivity (Wildman–Crippen MR) is 47.2 cm³/mol. The molecule has 1 aromatic carbocycles. The van der Waals surface area contributed by atoms with Gasteiger partial charge in [-0.05, 0) is 25.0 Å². The SMILES string of the molecule is CCc1cc(C)c(F)cc1[N+](=O)[O-]. The number of hydrogen-bond donors (Lipinski definition) is 0. The molecule has 70 valence electrons. The van der Waals surface area contributed by atoms with Gasteiger partial charge in [-0.15, -0.1) is 0 Å². The summed E-state index contributed by atoms with van der Waals surface area (Å²) in [5.41, 5.74) is 0.886. The fourth-order valence-electron chi connectivity index (χ4n) is 1.18. The first-order chi connectivity index (χ1) is 6.06. The molecule has 0 aliphatic heterocycles. The second-order valence-corrected chi connectivity index (χ2v) is 2.84. The van der Waals surface area contributed by atoms with Gasteiger partial charge in [0.25, 0.3) is 5.69 Å². The Morgan fingerprint density at radius 2 is 2.15 bits per heavy atom. The number of hydrogen-bond acceptors (Lipinski definition) is 2. The van der Waals surface area contributed by atoms with E-state index in [1.165, 1.54) is 6.07 Å². The fourth-order valence-corrected chi connectivity index (χ4v) is 1.18. The molecule has 4 heteroatoms. The summed E-state index contributed by atoms with van der Waals surface area (Å²) in [4.78, 5) is 9.93. The van der Waals surface area contributed by atoms with Gasteiger partial charge >= 0.3 is 0 Å². The molecule has 1 rings (SSSR count). The lowest BCUT2D eigenvalue weighted by atomic mass is 10.1. The Morgan fingerprint density at radius 1 is 1.54 bits per heavy atom. The molecule has 0 fully saturated rings. The van der Waals surface area contributed by atoms with Gasteiger partial charge in [-0.3, -0.25) is 10.1 Å². The number of benzene rings is 1. The van der Waals surface area contributed by atoms with E-state index >= 15 is 0 Å². The van der Waals surface area contributed by atoms with E-state index in [1.54, 1.807) is 13.8 Å². The van der Waals surface area contributed by atoms with Crippen molar-refractivity contribution in [2.45, 2.75) is 20.3 Å². The van der Waals surface area contributed by atoms with Crippen LogP contribution in [0.5, 0.6) is 0 Å². The predicted octanol–water partition coefficient (Wildman–Crippen LogP) is 2.60. The monoisotopic (exact) mass is 183 g/mol. The molecule has 0 aromatic heterocycles. The zero-order valence-electron chi connectivity index (χ0n) is 7.50. The molecule has 0 aliphatic carbocycles. The van der Waals surface area contributed by atoms with Crippen molar-refractivity contribution in [2.75, 3.05) is 0 Å². The van der Waals surface area contributed by atoms with Crippen molar-refractivity contribution in [3.63, 3.8) is 0 Å². The summed E-state index contributed by atoms with van der Waals surface area (Å²) < 4.78 is 13.0. The number of nitrogens with zero attached hydrogens (tertiary/aromatic N) is 1. The molecule has 13 heavy (non-hydrogen) atoms. The normalized spacial score (nSPS) is 10.1. The van der Waals surface area contributed by atoms with Crippen LogP contribution in [0.25, 0.3) is 0 Å². The van der Waals surface area contributed by atoms with Crippen molar-refractivity contribution in [3.05, 3.63) is 39.2 Å². The third-order valence-electron chi connectivity index (χ3n) is 1.94. The number of nitro benzene ring substituents is 1. The minimum absolute atomic E-state index is 0.134. The van der Waals surface area contributed by atoms with Crippen molar-refractivity contribution in [1.29, 1.82) is 0 Å². The number of halogens is 1. The maximum atomic E-state index is 13.0. The Hall–Kier alpha value is -1.45. The molecule has 3 nitrogen and oxygen atoms in total.